The molecule has 3 nitrogen and oxygen atoms in total. The van der Waals surface area contributed by atoms with Crippen molar-refractivity contribution < 1.29 is 4.79 Å². The summed E-state index contributed by atoms with van der Waals surface area (Å²) < 4.78 is 0. The lowest BCUT2D eigenvalue weighted by molar-refractivity contribution is -0.127. The molecule has 1 aliphatic rings. The summed E-state index contributed by atoms with van der Waals surface area (Å²) in [4.78, 5) is 15.7. The summed E-state index contributed by atoms with van der Waals surface area (Å²) in [6.07, 6.45) is 0.891. The van der Waals surface area contributed by atoms with Crippen molar-refractivity contribution in [3.63, 3.8) is 0 Å². The molecular weight excluding hydrogens is 380 g/mol. The molecule has 1 aliphatic heterocycles. The summed E-state index contributed by atoms with van der Waals surface area (Å²) in [7, 11) is 0. The number of piperidine rings is 1. The standard InChI is InChI=1S/C28H32N2O/c1-21-10-9-15-25(16-21)26-17-27(20-30(19-26)18-23-11-5-3-6-12-23)28(31)29-22(2)24-13-7-4-8-14-24/h3-16,22,26-27H,17-20H2,1-2H3,(H,29,31). The van der Waals surface area contributed by atoms with E-state index in [4.69, 9.17) is 0 Å². The van der Waals surface area contributed by atoms with E-state index < -0.39 is 0 Å². The number of amides is 1. The van der Waals surface area contributed by atoms with E-state index in [2.05, 4.69) is 90.8 Å². The van der Waals surface area contributed by atoms with Gasteiger partial charge in [0.15, 0.2) is 0 Å². The highest BCUT2D eigenvalue weighted by molar-refractivity contribution is 5.79. The SMILES string of the molecule is Cc1cccc(C2CC(C(=O)NC(C)c3ccccc3)CN(Cc3ccccc3)C2)c1. The fourth-order valence-corrected chi connectivity index (χ4v) is 4.67. The normalized spacial score (nSPS) is 20.2. The number of rotatable bonds is 6. The van der Waals surface area contributed by atoms with E-state index in [1.54, 1.807) is 0 Å². The van der Waals surface area contributed by atoms with Gasteiger partial charge in [-0.1, -0.05) is 90.5 Å². The number of nitrogens with zero attached hydrogens (tertiary/aromatic N) is 1. The number of aryl methyl sites for hydroxylation is 1. The first-order valence-corrected chi connectivity index (χ1v) is 11.3. The molecule has 3 atom stereocenters. The van der Waals surface area contributed by atoms with Crippen molar-refractivity contribution in [2.75, 3.05) is 13.1 Å². The molecule has 0 aliphatic carbocycles. The van der Waals surface area contributed by atoms with E-state index in [1.165, 1.54) is 16.7 Å². The van der Waals surface area contributed by atoms with Crippen molar-refractivity contribution in [2.45, 2.75) is 38.8 Å². The molecule has 1 N–H and O–H groups in total. The van der Waals surface area contributed by atoms with Gasteiger partial charge in [-0.3, -0.25) is 9.69 Å². The van der Waals surface area contributed by atoms with Gasteiger partial charge >= 0.3 is 0 Å². The molecule has 1 fully saturated rings. The quantitative estimate of drug-likeness (QED) is 0.582. The molecule has 1 amide bonds. The molecule has 1 saturated heterocycles. The Balaban J connectivity index is 1.51. The monoisotopic (exact) mass is 412 g/mol. The van der Waals surface area contributed by atoms with Crippen LogP contribution in [0.4, 0.5) is 0 Å². The van der Waals surface area contributed by atoms with Gasteiger partial charge in [-0.2, -0.15) is 0 Å². The van der Waals surface area contributed by atoms with Gasteiger partial charge in [-0.25, -0.2) is 0 Å². The van der Waals surface area contributed by atoms with Gasteiger partial charge in [-0.15, -0.1) is 0 Å². The zero-order valence-electron chi connectivity index (χ0n) is 18.5. The summed E-state index contributed by atoms with van der Waals surface area (Å²) in [5, 5.41) is 3.27. The lowest BCUT2D eigenvalue weighted by Crippen LogP contribution is -2.45. The fraction of sp³-hybridized carbons (Fsp3) is 0.321. The van der Waals surface area contributed by atoms with Crippen molar-refractivity contribution in [1.82, 2.24) is 10.2 Å². The number of nitrogens with one attached hydrogen (secondary N) is 1. The summed E-state index contributed by atoms with van der Waals surface area (Å²) in [5.41, 5.74) is 5.05. The fourth-order valence-electron chi connectivity index (χ4n) is 4.67. The van der Waals surface area contributed by atoms with Crippen LogP contribution in [0.5, 0.6) is 0 Å². The number of hydrogen-bond acceptors (Lipinski definition) is 2. The number of carbonyl (C=O) groups excluding carboxylic acids is 1. The van der Waals surface area contributed by atoms with Gasteiger partial charge in [0.25, 0.3) is 0 Å². The molecule has 0 saturated carbocycles. The lowest BCUT2D eigenvalue weighted by Gasteiger charge is -2.38. The average molecular weight is 413 g/mol. The van der Waals surface area contributed by atoms with Crippen LogP contribution in [0.1, 0.15) is 47.6 Å². The Kier molecular flexibility index (Phi) is 6.83. The highest BCUT2D eigenvalue weighted by Gasteiger charge is 2.33. The smallest absolute Gasteiger partial charge is 0.224 e. The minimum atomic E-state index is -0.0193. The van der Waals surface area contributed by atoms with Crippen LogP contribution in [0.2, 0.25) is 0 Å². The Bertz CT molecular complexity index is 986. The van der Waals surface area contributed by atoms with Gasteiger partial charge in [0.1, 0.15) is 0 Å². The third-order valence-corrected chi connectivity index (χ3v) is 6.32. The highest BCUT2D eigenvalue weighted by atomic mass is 16.2. The molecule has 0 bridgehead atoms. The Morgan fingerprint density at radius 2 is 1.68 bits per heavy atom. The Morgan fingerprint density at radius 3 is 2.39 bits per heavy atom. The van der Waals surface area contributed by atoms with Crippen LogP contribution < -0.4 is 5.32 Å². The molecule has 0 radical (unpaired) electrons. The van der Waals surface area contributed by atoms with Crippen molar-refractivity contribution >= 4 is 5.91 Å². The van der Waals surface area contributed by atoms with E-state index in [1.807, 2.05) is 18.2 Å². The van der Waals surface area contributed by atoms with Crippen molar-refractivity contribution in [3.05, 3.63) is 107 Å². The summed E-state index contributed by atoms with van der Waals surface area (Å²) in [6.45, 7) is 6.86. The van der Waals surface area contributed by atoms with Gasteiger partial charge in [0.2, 0.25) is 5.91 Å². The topological polar surface area (TPSA) is 32.3 Å². The highest BCUT2D eigenvalue weighted by Crippen LogP contribution is 2.32. The summed E-state index contributed by atoms with van der Waals surface area (Å²) in [5.74, 6) is 0.501. The third-order valence-electron chi connectivity index (χ3n) is 6.32. The van der Waals surface area contributed by atoms with Gasteiger partial charge in [0, 0.05) is 19.6 Å². The Hall–Kier alpha value is -2.91. The molecule has 0 spiro atoms. The molecular formula is C28H32N2O. The molecule has 3 unspecified atom stereocenters. The van der Waals surface area contributed by atoms with Crippen LogP contribution in [0.15, 0.2) is 84.9 Å². The zero-order valence-corrected chi connectivity index (χ0v) is 18.5. The minimum Gasteiger partial charge on any atom is -0.349 e. The van der Waals surface area contributed by atoms with Crippen molar-refractivity contribution in [3.8, 4) is 0 Å². The number of carbonyl (C=O) groups is 1. The predicted octanol–water partition coefficient (Wildman–Crippen LogP) is 5.48. The van der Waals surface area contributed by atoms with Crippen molar-refractivity contribution in [1.29, 1.82) is 0 Å². The number of likely N-dealkylation sites (tertiary alicyclic amines) is 1. The van der Waals surface area contributed by atoms with Gasteiger partial charge < -0.3 is 5.32 Å². The van der Waals surface area contributed by atoms with E-state index in [9.17, 15) is 4.79 Å². The second kappa shape index (κ2) is 9.93. The third kappa shape index (κ3) is 5.62. The summed E-state index contributed by atoms with van der Waals surface area (Å²) in [6, 6.07) is 29.5. The van der Waals surface area contributed by atoms with Gasteiger partial charge in [-0.05, 0) is 42.9 Å². The maximum Gasteiger partial charge on any atom is 0.224 e. The van der Waals surface area contributed by atoms with E-state index in [-0.39, 0.29) is 17.9 Å². The second-order valence-corrected chi connectivity index (χ2v) is 8.86. The van der Waals surface area contributed by atoms with Crippen LogP contribution in [-0.2, 0) is 11.3 Å². The van der Waals surface area contributed by atoms with E-state index in [0.717, 1.165) is 31.6 Å². The first-order chi connectivity index (χ1) is 15.1. The molecule has 160 valence electrons. The molecule has 0 aromatic heterocycles. The Morgan fingerprint density at radius 1 is 0.968 bits per heavy atom. The molecule has 31 heavy (non-hydrogen) atoms. The van der Waals surface area contributed by atoms with Crippen LogP contribution >= 0.6 is 0 Å². The largest absolute Gasteiger partial charge is 0.349 e. The predicted molar refractivity (Wildman–Crippen MR) is 127 cm³/mol. The van der Waals surface area contributed by atoms with Crippen LogP contribution in [-0.4, -0.2) is 23.9 Å². The van der Waals surface area contributed by atoms with Crippen LogP contribution in [0.25, 0.3) is 0 Å². The number of hydrogen-bond donors (Lipinski definition) is 1. The van der Waals surface area contributed by atoms with E-state index in [0.29, 0.717) is 5.92 Å². The second-order valence-electron chi connectivity index (χ2n) is 8.86. The Labute approximate surface area is 186 Å². The maximum absolute atomic E-state index is 13.3. The molecule has 3 heteroatoms. The molecule has 3 aromatic carbocycles. The van der Waals surface area contributed by atoms with E-state index >= 15 is 0 Å². The van der Waals surface area contributed by atoms with Crippen molar-refractivity contribution in [2.24, 2.45) is 5.92 Å². The number of benzene rings is 3. The molecule has 1 heterocycles. The van der Waals surface area contributed by atoms with Gasteiger partial charge in [0.05, 0.1) is 12.0 Å². The average Bonchev–Trinajstić information content (AvgIpc) is 2.80. The molecule has 3 aromatic rings. The minimum absolute atomic E-state index is 0.00983. The zero-order chi connectivity index (χ0) is 21.6. The summed E-state index contributed by atoms with van der Waals surface area (Å²) >= 11 is 0. The van der Waals surface area contributed by atoms with Crippen LogP contribution in [0.3, 0.4) is 0 Å². The first kappa shape index (κ1) is 21.3. The lowest BCUT2D eigenvalue weighted by atomic mass is 9.83. The van der Waals surface area contributed by atoms with Crippen LogP contribution in [0, 0.1) is 12.8 Å². The maximum atomic E-state index is 13.3. The first-order valence-electron chi connectivity index (χ1n) is 11.3. The molecule has 4 rings (SSSR count).